The quantitative estimate of drug-likeness (QED) is 0.614. The standard InChI is InChI=1S/C26H20N2O4/c1-31-24-14-17(15-27)13-18(25(24)29)7-6-12-28-26(30)32-16-23-21-10-4-2-8-19(21)20-9-3-5-11-22(20)23/h2-5,8-11,13-14,23,29H,12,16H2,1H3,(H,28,30). The number of nitrogens with one attached hydrogen (secondary N) is 1. The molecule has 0 saturated carbocycles. The molecule has 1 aliphatic carbocycles. The molecule has 0 saturated heterocycles. The Morgan fingerprint density at radius 2 is 1.75 bits per heavy atom. The van der Waals surface area contributed by atoms with Crippen LogP contribution in [0.15, 0.2) is 60.7 Å². The van der Waals surface area contributed by atoms with Crippen LogP contribution in [0.4, 0.5) is 4.79 Å². The normalized spacial score (nSPS) is 11.4. The van der Waals surface area contributed by atoms with Crippen LogP contribution in [0.1, 0.15) is 28.2 Å². The van der Waals surface area contributed by atoms with Crippen LogP contribution in [0.3, 0.4) is 0 Å². The number of methoxy groups -OCH3 is 1. The molecule has 0 unspecified atom stereocenters. The van der Waals surface area contributed by atoms with Gasteiger partial charge in [0.2, 0.25) is 0 Å². The molecule has 0 aliphatic heterocycles. The number of amides is 1. The summed E-state index contributed by atoms with van der Waals surface area (Å²) in [5, 5.41) is 21.8. The Morgan fingerprint density at radius 1 is 1.09 bits per heavy atom. The minimum atomic E-state index is -0.575. The first kappa shape index (κ1) is 20.8. The second-order valence-corrected chi connectivity index (χ2v) is 7.17. The molecule has 6 heteroatoms. The Balaban J connectivity index is 1.37. The molecular formula is C26H20N2O4. The molecule has 0 radical (unpaired) electrons. The van der Waals surface area contributed by atoms with Crippen molar-refractivity contribution in [3.05, 3.63) is 82.9 Å². The summed E-state index contributed by atoms with van der Waals surface area (Å²) in [7, 11) is 1.39. The van der Waals surface area contributed by atoms with Crippen molar-refractivity contribution in [1.82, 2.24) is 5.32 Å². The van der Waals surface area contributed by atoms with Gasteiger partial charge in [-0.3, -0.25) is 0 Å². The molecule has 0 fully saturated rings. The first-order valence-corrected chi connectivity index (χ1v) is 10.0. The van der Waals surface area contributed by atoms with Gasteiger partial charge in [0.05, 0.1) is 30.9 Å². The maximum absolute atomic E-state index is 12.2. The lowest BCUT2D eigenvalue weighted by Gasteiger charge is -2.14. The number of carbonyl (C=O) groups is 1. The van der Waals surface area contributed by atoms with Crippen molar-refractivity contribution >= 4 is 6.09 Å². The van der Waals surface area contributed by atoms with Crippen LogP contribution in [0.25, 0.3) is 11.1 Å². The lowest BCUT2D eigenvalue weighted by atomic mass is 9.98. The fraction of sp³-hybridized carbons (Fsp3) is 0.154. The van der Waals surface area contributed by atoms with Gasteiger partial charge in [-0.15, -0.1) is 0 Å². The van der Waals surface area contributed by atoms with Crippen LogP contribution in [-0.4, -0.2) is 31.5 Å². The van der Waals surface area contributed by atoms with Crippen LogP contribution < -0.4 is 10.1 Å². The molecule has 32 heavy (non-hydrogen) atoms. The number of alkyl carbamates (subject to hydrolysis) is 1. The van der Waals surface area contributed by atoms with E-state index in [1.807, 2.05) is 30.3 Å². The molecule has 4 rings (SSSR count). The average molecular weight is 424 g/mol. The summed E-state index contributed by atoms with van der Waals surface area (Å²) in [6.07, 6.45) is -0.575. The van der Waals surface area contributed by atoms with E-state index in [1.165, 1.54) is 19.2 Å². The Labute approximate surface area is 186 Å². The Morgan fingerprint density at radius 3 is 2.38 bits per heavy atom. The van der Waals surface area contributed by atoms with Crippen molar-refractivity contribution < 1.29 is 19.4 Å². The van der Waals surface area contributed by atoms with Gasteiger partial charge in [-0.1, -0.05) is 60.4 Å². The number of carbonyl (C=O) groups excluding carboxylic acids is 1. The fourth-order valence-electron chi connectivity index (χ4n) is 3.83. The predicted octanol–water partition coefficient (Wildman–Crippen LogP) is 4.16. The summed E-state index contributed by atoms with van der Waals surface area (Å²) in [4.78, 5) is 12.2. The number of hydrogen-bond donors (Lipinski definition) is 2. The lowest BCUT2D eigenvalue weighted by Crippen LogP contribution is -2.26. The van der Waals surface area contributed by atoms with E-state index in [2.05, 4.69) is 41.4 Å². The maximum Gasteiger partial charge on any atom is 0.407 e. The molecule has 0 heterocycles. The van der Waals surface area contributed by atoms with Crippen LogP contribution in [0, 0.1) is 23.2 Å². The highest BCUT2D eigenvalue weighted by molar-refractivity contribution is 5.79. The molecule has 0 aromatic heterocycles. The first-order valence-electron chi connectivity index (χ1n) is 10.0. The van der Waals surface area contributed by atoms with Crippen LogP contribution in [0.2, 0.25) is 0 Å². The summed E-state index contributed by atoms with van der Waals surface area (Å²) in [6.45, 7) is 0.241. The van der Waals surface area contributed by atoms with E-state index in [1.54, 1.807) is 0 Å². The van der Waals surface area contributed by atoms with E-state index in [0.717, 1.165) is 22.3 Å². The van der Waals surface area contributed by atoms with E-state index >= 15 is 0 Å². The number of benzene rings is 3. The largest absolute Gasteiger partial charge is 0.503 e. The van der Waals surface area contributed by atoms with Crippen molar-refractivity contribution in [2.45, 2.75) is 5.92 Å². The number of ether oxygens (including phenoxy) is 2. The Kier molecular flexibility index (Phi) is 5.96. The molecule has 3 aromatic carbocycles. The number of aromatic hydroxyl groups is 1. The molecule has 2 N–H and O–H groups in total. The topological polar surface area (TPSA) is 91.6 Å². The SMILES string of the molecule is COc1cc(C#N)cc(C#CCNC(=O)OCC2c3ccccc3-c3ccccc32)c1O. The van der Waals surface area contributed by atoms with Gasteiger partial charge in [-0.2, -0.15) is 5.26 Å². The number of rotatable bonds is 4. The highest BCUT2D eigenvalue weighted by Gasteiger charge is 2.28. The number of phenols is 1. The summed E-state index contributed by atoms with van der Waals surface area (Å²) in [5.41, 5.74) is 5.17. The van der Waals surface area contributed by atoms with Crippen LogP contribution in [-0.2, 0) is 4.74 Å². The van der Waals surface area contributed by atoms with E-state index in [9.17, 15) is 9.90 Å². The lowest BCUT2D eigenvalue weighted by molar-refractivity contribution is 0.144. The molecule has 0 bridgehead atoms. The van der Waals surface area contributed by atoms with Crippen molar-refractivity contribution in [3.8, 4) is 40.5 Å². The van der Waals surface area contributed by atoms with Crippen molar-refractivity contribution in [3.63, 3.8) is 0 Å². The van der Waals surface area contributed by atoms with E-state index < -0.39 is 6.09 Å². The van der Waals surface area contributed by atoms with Crippen LogP contribution >= 0.6 is 0 Å². The number of phenolic OH excluding ortho intramolecular Hbond substituents is 1. The van der Waals surface area contributed by atoms with Crippen LogP contribution in [0.5, 0.6) is 11.5 Å². The number of fused-ring (bicyclic) bond motifs is 3. The minimum Gasteiger partial charge on any atom is -0.503 e. The van der Waals surface area contributed by atoms with E-state index in [4.69, 9.17) is 14.7 Å². The minimum absolute atomic E-state index is 0.0163. The second kappa shape index (κ2) is 9.16. The Bertz CT molecular complexity index is 1240. The first-order chi connectivity index (χ1) is 15.6. The third-order valence-electron chi connectivity index (χ3n) is 5.31. The van der Waals surface area contributed by atoms with E-state index in [-0.39, 0.29) is 36.1 Å². The molecule has 0 atom stereocenters. The molecular weight excluding hydrogens is 404 g/mol. The van der Waals surface area contributed by atoms with Gasteiger partial charge in [0, 0.05) is 12.0 Å². The molecule has 3 aromatic rings. The number of nitrogens with zero attached hydrogens (tertiary/aromatic N) is 1. The third-order valence-corrected chi connectivity index (χ3v) is 5.31. The van der Waals surface area contributed by atoms with Crippen molar-refractivity contribution in [2.75, 3.05) is 20.3 Å². The van der Waals surface area contributed by atoms with E-state index in [0.29, 0.717) is 5.56 Å². The zero-order chi connectivity index (χ0) is 22.5. The Hall–Kier alpha value is -4.42. The second-order valence-electron chi connectivity index (χ2n) is 7.17. The van der Waals surface area contributed by atoms with Gasteiger partial charge in [-0.25, -0.2) is 4.79 Å². The van der Waals surface area contributed by atoms with Gasteiger partial charge in [0.25, 0.3) is 0 Å². The van der Waals surface area contributed by atoms with Crippen molar-refractivity contribution in [2.24, 2.45) is 0 Å². The summed E-state index contributed by atoms with van der Waals surface area (Å²) >= 11 is 0. The number of hydrogen-bond acceptors (Lipinski definition) is 5. The van der Waals surface area contributed by atoms with Gasteiger partial charge in [0.15, 0.2) is 11.5 Å². The van der Waals surface area contributed by atoms with Gasteiger partial charge in [-0.05, 0) is 28.3 Å². The number of nitriles is 1. The highest BCUT2D eigenvalue weighted by Crippen LogP contribution is 2.44. The highest BCUT2D eigenvalue weighted by atomic mass is 16.5. The van der Waals surface area contributed by atoms with Gasteiger partial charge >= 0.3 is 6.09 Å². The van der Waals surface area contributed by atoms with Gasteiger partial charge < -0.3 is 19.9 Å². The summed E-state index contributed by atoms with van der Waals surface area (Å²) < 4.78 is 10.5. The predicted molar refractivity (Wildman–Crippen MR) is 119 cm³/mol. The molecule has 1 aliphatic rings. The third kappa shape index (κ3) is 4.08. The van der Waals surface area contributed by atoms with Crippen molar-refractivity contribution in [1.29, 1.82) is 5.26 Å². The average Bonchev–Trinajstić information content (AvgIpc) is 3.15. The zero-order valence-electron chi connectivity index (χ0n) is 17.4. The van der Waals surface area contributed by atoms with Gasteiger partial charge in [0.1, 0.15) is 6.61 Å². The smallest absolute Gasteiger partial charge is 0.407 e. The summed E-state index contributed by atoms with van der Waals surface area (Å²) in [6, 6.07) is 21.1. The molecule has 6 nitrogen and oxygen atoms in total. The molecule has 1 amide bonds. The molecule has 158 valence electrons. The monoisotopic (exact) mass is 424 g/mol. The zero-order valence-corrected chi connectivity index (χ0v) is 17.4. The fourth-order valence-corrected chi connectivity index (χ4v) is 3.83. The maximum atomic E-state index is 12.2. The summed E-state index contributed by atoms with van der Waals surface area (Å²) in [5.74, 6) is 5.48. The molecule has 0 spiro atoms.